The summed E-state index contributed by atoms with van der Waals surface area (Å²) in [5, 5.41) is 9.17. The highest BCUT2D eigenvalue weighted by Crippen LogP contribution is 2.48. The zero-order valence-corrected chi connectivity index (χ0v) is 21.9. The lowest BCUT2D eigenvalue weighted by molar-refractivity contribution is -0.171. The molecule has 2 atom stereocenters. The molecule has 0 aliphatic carbocycles. The SMILES string of the molecule is CCCN(c1ccc(C)nc1)c1cccc2c1OC[C@H]2N(C(=O)C(F)(F)F)c1ccc2c(c1)OC[C@H]2CC(=O)O. The molecule has 3 heterocycles. The summed E-state index contributed by atoms with van der Waals surface area (Å²) in [5.74, 6) is -2.80. The molecule has 0 radical (unpaired) electrons. The minimum absolute atomic E-state index is 0.0166. The summed E-state index contributed by atoms with van der Waals surface area (Å²) in [4.78, 5) is 31.1. The van der Waals surface area contributed by atoms with Crippen LogP contribution in [0.3, 0.4) is 0 Å². The number of aromatic nitrogens is 1. The van der Waals surface area contributed by atoms with Crippen molar-refractivity contribution in [3.05, 3.63) is 71.5 Å². The molecule has 40 heavy (non-hydrogen) atoms. The second-order valence-corrected chi connectivity index (χ2v) is 9.83. The van der Waals surface area contributed by atoms with Gasteiger partial charge in [-0.1, -0.05) is 25.1 Å². The fourth-order valence-corrected chi connectivity index (χ4v) is 5.24. The molecule has 0 unspecified atom stereocenters. The number of anilines is 3. The number of alkyl halides is 3. The highest BCUT2D eigenvalue weighted by molar-refractivity contribution is 5.98. The van der Waals surface area contributed by atoms with Crippen LogP contribution in [-0.2, 0) is 9.59 Å². The fraction of sp³-hybridized carbons (Fsp3) is 0.345. The average Bonchev–Trinajstić information content (AvgIpc) is 3.51. The van der Waals surface area contributed by atoms with E-state index < -0.39 is 30.0 Å². The Kier molecular flexibility index (Phi) is 7.31. The van der Waals surface area contributed by atoms with Crippen LogP contribution in [-0.4, -0.2) is 47.9 Å². The van der Waals surface area contributed by atoms with Crippen LogP contribution in [0.15, 0.2) is 54.7 Å². The first-order valence-corrected chi connectivity index (χ1v) is 12.9. The Hall–Kier alpha value is -4.28. The lowest BCUT2D eigenvalue weighted by Crippen LogP contribution is -2.44. The Labute approximate surface area is 228 Å². The van der Waals surface area contributed by atoms with Crippen molar-refractivity contribution in [1.82, 2.24) is 4.98 Å². The lowest BCUT2D eigenvalue weighted by Gasteiger charge is -2.30. The molecule has 5 rings (SSSR count). The molecule has 0 spiro atoms. The van der Waals surface area contributed by atoms with Crippen molar-refractivity contribution in [3.63, 3.8) is 0 Å². The van der Waals surface area contributed by atoms with E-state index in [2.05, 4.69) is 4.98 Å². The van der Waals surface area contributed by atoms with E-state index in [-0.39, 0.29) is 31.1 Å². The maximum Gasteiger partial charge on any atom is 0.471 e. The van der Waals surface area contributed by atoms with Gasteiger partial charge in [-0.25, -0.2) is 0 Å². The van der Waals surface area contributed by atoms with E-state index in [1.54, 1.807) is 18.3 Å². The van der Waals surface area contributed by atoms with Crippen LogP contribution in [0.5, 0.6) is 11.5 Å². The summed E-state index contributed by atoms with van der Waals surface area (Å²) in [5.41, 5.74) is 3.34. The number of carboxylic acids is 1. The van der Waals surface area contributed by atoms with E-state index in [1.165, 1.54) is 18.2 Å². The number of hydrogen-bond acceptors (Lipinski definition) is 6. The van der Waals surface area contributed by atoms with Crippen molar-refractivity contribution in [3.8, 4) is 11.5 Å². The third-order valence-electron chi connectivity index (χ3n) is 7.06. The zero-order valence-electron chi connectivity index (χ0n) is 21.9. The van der Waals surface area contributed by atoms with Crippen LogP contribution >= 0.6 is 0 Å². The quantitative estimate of drug-likeness (QED) is 0.369. The summed E-state index contributed by atoms with van der Waals surface area (Å²) in [6.45, 7) is 4.42. The number of aryl methyl sites for hydroxylation is 1. The van der Waals surface area contributed by atoms with Crippen molar-refractivity contribution in [2.75, 3.05) is 29.6 Å². The minimum Gasteiger partial charge on any atom is -0.493 e. The number of para-hydroxylation sites is 1. The van der Waals surface area contributed by atoms with Crippen molar-refractivity contribution < 1.29 is 37.3 Å². The van der Waals surface area contributed by atoms with E-state index in [0.717, 1.165) is 17.8 Å². The van der Waals surface area contributed by atoms with Gasteiger partial charge in [0, 0.05) is 41.0 Å². The largest absolute Gasteiger partial charge is 0.493 e. The van der Waals surface area contributed by atoms with Gasteiger partial charge in [-0.3, -0.25) is 19.5 Å². The van der Waals surface area contributed by atoms with Crippen LogP contribution in [0.1, 0.15) is 48.5 Å². The Morgan fingerprint density at radius 2 is 1.82 bits per heavy atom. The van der Waals surface area contributed by atoms with Crippen molar-refractivity contribution in [2.45, 2.75) is 44.8 Å². The Morgan fingerprint density at radius 1 is 1.05 bits per heavy atom. The topological polar surface area (TPSA) is 92.2 Å². The second-order valence-electron chi connectivity index (χ2n) is 9.83. The van der Waals surface area contributed by atoms with Crippen LogP contribution < -0.4 is 19.3 Å². The van der Waals surface area contributed by atoms with E-state index in [0.29, 0.717) is 34.0 Å². The molecular formula is C29H28F3N3O5. The summed E-state index contributed by atoms with van der Waals surface area (Å²) < 4.78 is 53.4. The number of amides is 1. The summed E-state index contributed by atoms with van der Waals surface area (Å²) >= 11 is 0. The van der Waals surface area contributed by atoms with Crippen molar-refractivity contribution >= 4 is 28.9 Å². The molecule has 0 bridgehead atoms. The standard InChI is InChI=1S/C29H28F3N3O5/c1-3-11-34(20-8-7-17(2)33-14-20)23-6-4-5-22-24(16-40-27(22)23)35(28(38)29(30,31)32)19-9-10-21-18(12-26(36)37)15-39-25(21)13-19/h4-10,13-14,18,24H,3,11-12,15-16H2,1-2H3,(H,36,37)/t18-,24-/m1/s1. The van der Waals surface area contributed by atoms with E-state index in [4.69, 9.17) is 14.6 Å². The number of carboxylic acid groups (broad SMARTS) is 1. The Morgan fingerprint density at radius 3 is 2.50 bits per heavy atom. The van der Waals surface area contributed by atoms with Gasteiger partial charge in [0.05, 0.1) is 36.6 Å². The first-order valence-electron chi connectivity index (χ1n) is 12.9. The van der Waals surface area contributed by atoms with Crippen molar-refractivity contribution in [1.29, 1.82) is 0 Å². The first-order chi connectivity index (χ1) is 19.1. The van der Waals surface area contributed by atoms with E-state index in [9.17, 15) is 22.8 Å². The van der Waals surface area contributed by atoms with Gasteiger partial charge in [-0.2, -0.15) is 13.2 Å². The molecule has 1 N–H and O–H groups in total. The second kappa shape index (κ2) is 10.7. The fourth-order valence-electron chi connectivity index (χ4n) is 5.24. The average molecular weight is 556 g/mol. The molecule has 1 amide bonds. The molecule has 0 saturated carbocycles. The molecule has 1 aromatic heterocycles. The molecular weight excluding hydrogens is 527 g/mol. The van der Waals surface area contributed by atoms with Gasteiger partial charge in [-0.05, 0) is 37.6 Å². The third kappa shape index (κ3) is 5.15. The van der Waals surface area contributed by atoms with E-state index in [1.807, 2.05) is 36.9 Å². The number of pyridine rings is 1. The number of hydrogen-bond donors (Lipinski definition) is 1. The summed E-state index contributed by atoms with van der Waals surface area (Å²) in [6, 6.07) is 12.3. The number of ether oxygens (including phenoxy) is 2. The van der Waals surface area contributed by atoms with Gasteiger partial charge in [0.15, 0.2) is 0 Å². The number of fused-ring (bicyclic) bond motifs is 2. The number of rotatable bonds is 8. The highest BCUT2D eigenvalue weighted by Gasteiger charge is 2.48. The van der Waals surface area contributed by atoms with Gasteiger partial charge in [0.2, 0.25) is 0 Å². The van der Waals surface area contributed by atoms with Gasteiger partial charge < -0.3 is 19.5 Å². The molecule has 8 nitrogen and oxygen atoms in total. The molecule has 11 heteroatoms. The third-order valence-corrected chi connectivity index (χ3v) is 7.06. The summed E-state index contributed by atoms with van der Waals surface area (Å²) in [7, 11) is 0. The van der Waals surface area contributed by atoms with Gasteiger partial charge >= 0.3 is 18.1 Å². The smallest absolute Gasteiger partial charge is 0.471 e. The number of nitrogens with zero attached hydrogens (tertiary/aromatic N) is 3. The predicted molar refractivity (Wildman–Crippen MR) is 141 cm³/mol. The molecule has 2 aliphatic heterocycles. The lowest BCUT2D eigenvalue weighted by atomic mass is 9.97. The number of benzene rings is 2. The zero-order chi connectivity index (χ0) is 28.6. The first kappa shape index (κ1) is 27.3. The van der Waals surface area contributed by atoms with Gasteiger partial charge in [0.1, 0.15) is 18.1 Å². The van der Waals surface area contributed by atoms with Gasteiger partial charge in [-0.15, -0.1) is 0 Å². The highest BCUT2D eigenvalue weighted by atomic mass is 19.4. The Balaban J connectivity index is 1.55. The molecule has 210 valence electrons. The van der Waals surface area contributed by atoms with Gasteiger partial charge in [0.25, 0.3) is 0 Å². The molecule has 0 fully saturated rings. The van der Waals surface area contributed by atoms with E-state index >= 15 is 0 Å². The number of aliphatic carboxylic acids is 1. The minimum atomic E-state index is -5.14. The van der Waals surface area contributed by atoms with Crippen LogP contribution in [0, 0.1) is 6.92 Å². The normalized spacial score (nSPS) is 17.4. The molecule has 2 aromatic carbocycles. The predicted octanol–water partition coefficient (Wildman–Crippen LogP) is 5.92. The van der Waals surface area contributed by atoms with Crippen molar-refractivity contribution in [2.24, 2.45) is 0 Å². The van der Waals surface area contributed by atoms with Crippen LogP contribution in [0.25, 0.3) is 0 Å². The van der Waals surface area contributed by atoms with Crippen LogP contribution in [0.2, 0.25) is 0 Å². The maximum absolute atomic E-state index is 13.9. The molecule has 3 aromatic rings. The number of carbonyl (C=O) groups is 2. The molecule has 0 saturated heterocycles. The number of halogens is 3. The number of carbonyl (C=O) groups excluding carboxylic acids is 1. The monoisotopic (exact) mass is 555 g/mol. The van der Waals surface area contributed by atoms with Crippen LogP contribution in [0.4, 0.5) is 30.2 Å². The molecule has 2 aliphatic rings. The maximum atomic E-state index is 13.9. The Bertz CT molecular complexity index is 1430. The summed E-state index contributed by atoms with van der Waals surface area (Å²) in [6.07, 6.45) is -2.79.